The fraction of sp³-hybridized carbons (Fsp3) is 0.818. The first-order valence-corrected chi connectivity index (χ1v) is 5.82. The molecule has 0 unspecified atom stereocenters. The van der Waals surface area contributed by atoms with Crippen LogP contribution in [0.4, 0.5) is 0 Å². The second kappa shape index (κ2) is 3.93. The van der Waals surface area contributed by atoms with Gasteiger partial charge < -0.3 is 10.3 Å². The summed E-state index contributed by atoms with van der Waals surface area (Å²) in [7, 11) is 0. The molecule has 4 heteroatoms. The van der Waals surface area contributed by atoms with E-state index in [-0.39, 0.29) is 5.54 Å². The molecule has 0 atom stereocenters. The molecular weight excluding hydrogens is 188 g/mol. The van der Waals surface area contributed by atoms with Gasteiger partial charge in [0.1, 0.15) is 6.33 Å². The summed E-state index contributed by atoms with van der Waals surface area (Å²) >= 11 is 0. The Bertz CT molecular complexity index is 323. The molecule has 1 aromatic rings. The Kier molecular flexibility index (Phi) is 2.78. The van der Waals surface area contributed by atoms with Crippen LogP contribution < -0.4 is 5.73 Å². The predicted molar refractivity (Wildman–Crippen MR) is 59.4 cm³/mol. The molecule has 1 saturated carbocycles. The van der Waals surface area contributed by atoms with Crippen LogP contribution in [0.15, 0.2) is 6.33 Å². The van der Waals surface area contributed by atoms with Crippen LogP contribution in [0.1, 0.15) is 57.8 Å². The Balaban J connectivity index is 2.30. The van der Waals surface area contributed by atoms with Gasteiger partial charge in [-0.1, -0.05) is 19.3 Å². The van der Waals surface area contributed by atoms with E-state index < -0.39 is 0 Å². The van der Waals surface area contributed by atoms with Crippen molar-refractivity contribution < 1.29 is 0 Å². The molecule has 1 aliphatic rings. The fourth-order valence-electron chi connectivity index (χ4n) is 2.38. The van der Waals surface area contributed by atoms with Gasteiger partial charge in [-0.05, 0) is 26.7 Å². The van der Waals surface area contributed by atoms with Crippen molar-refractivity contribution in [1.82, 2.24) is 14.8 Å². The number of nitrogens with two attached hydrogens (primary N) is 1. The summed E-state index contributed by atoms with van der Waals surface area (Å²) in [6.07, 6.45) is 7.59. The summed E-state index contributed by atoms with van der Waals surface area (Å²) in [4.78, 5) is 0. The zero-order valence-electron chi connectivity index (χ0n) is 9.61. The van der Waals surface area contributed by atoms with Gasteiger partial charge in [0.15, 0.2) is 5.82 Å². The van der Waals surface area contributed by atoms with Gasteiger partial charge in [-0.25, -0.2) is 0 Å². The quantitative estimate of drug-likeness (QED) is 0.808. The molecule has 2 N–H and O–H groups in total. The van der Waals surface area contributed by atoms with Crippen molar-refractivity contribution in [3.63, 3.8) is 0 Å². The van der Waals surface area contributed by atoms with Crippen molar-refractivity contribution in [2.45, 2.75) is 57.5 Å². The number of hydrogen-bond donors (Lipinski definition) is 1. The normalized spacial score (nSPS) is 20.8. The van der Waals surface area contributed by atoms with Crippen LogP contribution in [0.5, 0.6) is 0 Å². The number of aromatic nitrogens is 3. The molecule has 15 heavy (non-hydrogen) atoms. The first-order chi connectivity index (χ1) is 7.13. The van der Waals surface area contributed by atoms with E-state index in [1.807, 2.05) is 0 Å². The molecule has 1 aliphatic carbocycles. The summed E-state index contributed by atoms with van der Waals surface area (Å²) in [5.41, 5.74) is 6.20. The Morgan fingerprint density at radius 1 is 1.33 bits per heavy atom. The molecule has 0 aliphatic heterocycles. The molecule has 2 rings (SSSR count). The lowest BCUT2D eigenvalue weighted by Crippen LogP contribution is -2.41. The minimum absolute atomic E-state index is 0.237. The molecule has 84 valence electrons. The van der Waals surface area contributed by atoms with Crippen molar-refractivity contribution in [3.05, 3.63) is 12.2 Å². The van der Waals surface area contributed by atoms with Gasteiger partial charge in [-0.15, -0.1) is 10.2 Å². The van der Waals surface area contributed by atoms with Crippen molar-refractivity contribution in [1.29, 1.82) is 0 Å². The smallest absolute Gasteiger partial charge is 0.153 e. The summed E-state index contributed by atoms with van der Waals surface area (Å²) in [6.45, 7) is 4.28. The van der Waals surface area contributed by atoms with Crippen LogP contribution in [-0.4, -0.2) is 14.8 Å². The molecular formula is C11H20N4. The second-order valence-electron chi connectivity index (χ2n) is 4.87. The molecule has 0 bridgehead atoms. The van der Waals surface area contributed by atoms with Gasteiger partial charge in [-0.3, -0.25) is 0 Å². The topological polar surface area (TPSA) is 56.7 Å². The molecule has 1 aromatic heterocycles. The molecule has 1 fully saturated rings. The first-order valence-electron chi connectivity index (χ1n) is 5.82. The molecule has 0 saturated heterocycles. The number of nitrogens with zero attached hydrogens (tertiary/aromatic N) is 3. The SMILES string of the molecule is CC(C)n1cnnc1C1(N)CCCCC1. The fourth-order valence-corrected chi connectivity index (χ4v) is 2.38. The monoisotopic (exact) mass is 208 g/mol. The predicted octanol–water partition coefficient (Wildman–Crippen LogP) is 1.98. The van der Waals surface area contributed by atoms with E-state index in [4.69, 9.17) is 5.73 Å². The highest BCUT2D eigenvalue weighted by molar-refractivity contribution is 5.07. The van der Waals surface area contributed by atoms with Crippen molar-refractivity contribution >= 4 is 0 Å². The van der Waals surface area contributed by atoms with Gasteiger partial charge in [-0.2, -0.15) is 0 Å². The van der Waals surface area contributed by atoms with Crippen LogP contribution >= 0.6 is 0 Å². The van der Waals surface area contributed by atoms with Crippen LogP contribution in [-0.2, 0) is 5.54 Å². The van der Waals surface area contributed by atoms with E-state index in [2.05, 4.69) is 28.6 Å². The van der Waals surface area contributed by atoms with Gasteiger partial charge in [0.25, 0.3) is 0 Å². The van der Waals surface area contributed by atoms with Crippen molar-refractivity contribution in [2.24, 2.45) is 5.73 Å². The third-order valence-corrected chi connectivity index (χ3v) is 3.32. The van der Waals surface area contributed by atoms with Gasteiger partial charge in [0, 0.05) is 6.04 Å². The van der Waals surface area contributed by atoms with E-state index in [0.717, 1.165) is 18.7 Å². The Morgan fingerprint density at radius 3 is 2.60 bits per heavy atom. The lowest BCUT2D eigenvalue weighted by molar-refractivity contribution is 0.273. The zero-order chi connectivity index (χ0) is 10.9. The van der Waals surface area contributed by atoms with E-state index in [1.165, 1.54) is 19.3 Å². The maximum Gasteiger partial charge on any atom is 0.153 e. The van der Waals surface area contributed by atoms with Gasteiger partial charge in [0.2, 0.25) is 0 Å². The van der Waals surface area contributed by atoms with Gasteiger partial charge in [0.05, 0.1) is 5.54 Å². The average Bonchev–Trinajstić information content (AvgIpc) is 2.67. The average molecular weight is 208 g/mol. The Labute approximate surface area is 90.9 Å². The maximum atomic E-state index is 6.44. The summed E-state index contributed by atoms with van der Waals surface area (Å²) in [6, 6.07) is 0.386. The molecule has 0 aromatic carbocycles. The van der Waals surface area contributed by atoms with Crippen molar-refractivity contribution in [3.8, 4) is 0 Å². The van der Waals surface area contributed by atoms with Crippen molar-refractivity contribution in [2.75, 3.05) is 0 Å². The Morgan fingerprint density at radius 2 is 2.00 bits per heavy atom. The van der Waals surface area contributed by atoms with Crippen LogP contribution in [0.3, 0.4) is 0 Å². The number of hydrogen-bond acceptors (Lipinski definition) is 3. The first kappa shape index (κ1) is 10.6. The molecule has 0 spiro atoms. The Hall–Kier alpha value is -0.900. The largest absolute Gasteiger partial charge is 0.319 e. The maximum absolute atomic E-state index is 6.44. The lowest BCUT2D eigenvalue weighted by atomic mass is 9.82. The highest BCUT2D eigenvalue weighted by Gasteiger charge is 2.34. The molecule has 0 amide bonds. The third-order valence-electron chi connectivity index (χ3n) is 3.32. The molecule has 0 radical (unpaired) electrons. The summed E-state index contributed by atoms with van der Waals surface area (Å²) in [5.74, 6) is 0.970. The summed E-state index contributed by atoms with van der Waals surface area (Å²) in [5, 5.41) is 8.22. The number of rotatable bonds is 2. The lowest BCUT2D eigenvalue weighted by Gasteiger charge is -2.33. The highest BCUT2D eigenvalue weighted by Crippen LogP contribution is 2.34. The standard InChI is InChI=1S/C11H20N4/c1-9(2)15-8-13-14-10(15)11(12)6-4-3-5-7-11/h8-9H,3-7,12H2,1-2H3. The van der Waals surface area contributed by atoms with Gasteiger partial charge >= 0.3 is 0 Å². The van der Waals surface area contributed by atoms with E-state index in [0.29, 0.717) is 6.04 Å². The minimum Gasteiger partial charge on any atom is -0.319 e. The third kappa shape index (κ3) is 1.91. The van der Waals surface area contributed by atoms with Crippen LogP contribution in [0, 0.1) is 0 Å². The van der Waals surface area contributed by atoms with E-state index >= 15 is 0 Å². The molecule has 4 nitrogen and oxygen atoms in total. The van der Waals surface area contributed by atoms with Crippen LogP contribution in [0.2, 0.25) is 0 Å². The van der Waals surface area contributed by atoms with E-state index in [1.54, 1.807) is 6.33 Å². The summed E-state index contributed by atoms with van der Waals surface area (Å²) < 4.78 is 2.10. The minimum atomic E-state index is -0.237. The van der Waals surface area contributed by atoms with E-state index in [9.17, 15) is 0 Å². The van der Waals surface area contributed by atoms with Crippen LogP contribution in [0.25, 0.3) is 0 Å². The molecule has 1 heterocycles. The highest BCUT2D eigenvalue weighted by atomic mass is 15.3. The zero-order valence-corrected chi connectivity index (χ0v) is 9.61. The second-order valence-corrected chi connectivity index (χ2v) is 4.87.